The van der Waals surface area contributed by atoms with Crippen LogP contribution in [0, 0.1) is 13.8 Å². The second kappa shape index (κ2) is 6.51. The Morgan fingerprint density at radius 1 is 1.00 bits per heavy atom. The summed E-state index contributed by atoms with van der Waals surface area (Å²) in [4.78, 5) is 40.4. The number of benzene rings is 2. The molecular weight excluding hydrogens is 316 g/mol. The molecule has 3 rings (SSSR count). The van der Waals surface area contributed by atoms with Crippen LogP contribution in [0.2, 0.25) is 0 Å². The zero-order chi connectivity index (χ0) is 18.1. The number of hydrogen-bond acceptors (Lipinski definition) is 3. The number of imide groups is 1. The van der Waals surface area contributed by atoms with Gasteiger partial charge in [-0.3, -0.25) is 19.3 Å². The number of rotatable bonds is 4. The van der Waals surface area contributed by atoms with Crippen LogP contribution in [-0.4, -0.2) is 35.7 Å². The molecule has 3 amide bonds. The highest BCUT2D eigenvalue weighted by molar-refractivity contribution is 6.22. The summed E-state index contributed by atoms with van der Waals surface area (Å²) in [5, 5.41) is 0. The highest BCUT2D eigenvalue weighted by atomic mass is 16.2. The maximum atomic E-state index is 12.8. The fourth-order valence-corrected chi connectivity index (χ4v) is 3.09. The highest BCUT2D eigenvalue weighted by Crippen LogP contribution is 2.25. The average Bonchev–Trinajstić information content (AvgIpc) is 2.84. The molecule has 0 saturated heterocycles. The molecule has 1 aliphatic rings. The van der Waals surface area contributed by atoms with E-state index in [1.165, 1.54) is 0 Å². The SMILES string of the molecule is CCN(C(=O)CN1C(=O)c2ccccc2C1=O)c1cc(C)ccc1C. The summed E-state index contributed by atoms with van der Waals surface area (Å²) in [5.41, 5.74) is 3.55. The number of carbonyl (C=O) groups is 3. The van der Waals surface area contributed by atoms with E-state index in [1.54, 1.807) is 29.2 Å². The quantitative estimate of drug-likeness (QED) is 0.807. The van der Waals surface area contributed by atoms with Crippen LogP contribution in [0.1, 0.15) is 38.8 Å². The lowest BCUT2D eigenvalue weighted by Gasteiger charge is -2.25. The predicted octanol–water partition coefficient (Wildman–Crippen LogP) is 2.95. The number of aryl methyl sites for hydroxylation is 2. The van der Waals surface area contributed by atoms with Crippen LogP contribution in [-0.2, 0) is 4.79 Å². The van der Waals surface area contributed by atoms with Crippen molar-refractivity contribution in [2.75, 3.05) is 18.0 Å². The molecule has 0 bridgehead atoms. The summed E-state index contributed by atoms with van der Waals surface area (Å²) >= 11 is 0. The molecule has 1 heterocycles. The van der Waals surface area contributed by atoms with Gasteiger partial charge < -0.3 is 4.90 Å². The van der Waals surface area contributed by atoms with Gasteiger partial charge in [-0.1, -0.05) is 24.3 Å². The maximum absolute atomic E-state index is 12.8. The van der Waals surface area contributed by atoms with Crippen molar-refractivity contribution in [1.82, 2.24) is 4.90 Å². The molecule has 5 heteroatoms. The Balaban J connectivity index is 1.85. The number of amides is 3. The van der Waals surface area contributed by atoms with Crippen LogP contribution >= 0.6 is 0 Å². The van der Waals surface area contributed by atoms with Gasteiger partial charge in [0.25, 0.3) is 11.8 Å². The summed E-state index contributed by atoms with van der Waals surface area (Å²) in [6.45, 7) is 5.99. The van der Waals surface area contributed by atoms with Crippen LogP contribution < -0.4 is 4.90 Å². The van der Waals surface area contributed by atoms with Crippen molar-refractivity contribution in [1.29, 1.82) is 0 Å². The van der Waals surface area contributed by atoms with E-state index in [2.05, 4.69) is 0 Å². The van der Waals surface area contributed by atoms with Crippen molar-refractivity contribution >= 4 is 23.4 Å². The molecule has 2 aromatic rings. The minimum Gasteiger partial charge on any atom is -0.311 e. The zero-order valence-corrected chi connectivity index (χ0v) is 14.6. The third-order valence-electron chi connectivity index (χ3n) is 4.44. The molecule has 0 aliphatic carbocycles. The lowest BCUT2D eigenvalue weighted by Crippen LogP contribution is -2.43. The van der Waals surface area contributed by atoms with E-state index in [1.807, 2.05) is 39.0 Å². The van der Waals surface area contributed by atoms with E-state index in [0.29, 0.717) is 17.7 Å². The molecule has 0 N–H and O–H groups in total. The lowest BCUT2D eigenvalue weighted by molar-refractivity contribution is -0.118. The molecule has 0 saturated carbocycles. The van der Waals surface area contributed by atoms with Crippen molar-refractivity contribution in [2.45, 2.75) is 20.8 Å². The minimum atomic E-state index is -0.411. The standard InChI is InChI=1S/C20H20N2O3/c1-4-21(17-11-13(2)9-10-14(17)3)18(23)12-22-19(24)15-7-5-6-8-16(15)20(22)25/h5-11H,4,12H2,1-3H3. The van der Waals surface area contributed by atoms with Gasteiger partial charge in [-0.2, -0.15) is 0 Å². The van der Waals surface area contributed by atoms with Gasteiger partial charge in [-0.25, -0.2) is 0 Å². The molecule has 1 aliphatic heterocycles. The van der Waals surface area contributed by atoms with Gasteiger partial charge in [0.15, 0.2) is 0 Å². The first kappa shape index (κ1) is 16.9. The van der Waals surface area contributed by atoms with Crippen LogP contribution in [0.25, 0.3) is 0 Å². The molecule has 128 valence electrons. The number of fused-ring (bicyclic) bond motifs is 1. The van der Waals surface area contributed by atoms with E-state index >= 15 is 0 Å². The Labute approximate surface area is 146 Å². The second-order valence-corrected chi connectivity index (χ2v) is 6.17. The minimum absolute atomic E-state index is 0.256. The van der Waals surface area contributed by atoms with E-state index in [9.17, 15) is 14.4 Å². The Hall–Kier alpha value is -2.95. The van der Waals surface area contributed by atoms with E-state index in [0.717, 1.165) is 21.7 Å². The van der Waals surface area contributed by atoms with E-state index < -0.39 is 11.8 Å². The number of carbonyl (C=O) groups excluding carboxylic acids is 3. The fourth-order valence-electron chi connectivity index (χ4n) is 3.09. The lowest BCUT2D eigenvalue weighted by atomic mass is 10.1. The Morgan fingerprint density at radius 3 is 2.16 bits per heavy atom. The Bertz CT molecular complexity index is 838. The number of nitrogens with zero attached hydrogens (tertiary/aromatic N) is 2. The topological polar surface area (TPSA) is 57.7 Å². The molecule has 5 nitrogen and oxygen atoms in total. The molecule has 0 aromatic heterocycles. The van der Waals surface area contributed by atoms with Crippen LogP contribution in [0.5, 0.6) is 0 Å². The third-order valence-corrected chi connectivity index (χ3v) is 4.44. The van der Waals surface area contributed by atoms with Crippen molar-refractivity contribution in [2.24, 2.45) is 0 Å². The van der Waals surface area contributed by atoms with Gasteiger partial charge in [0.2, 0.25) is 5.91 Å². The number of anilines is 1. The van der Waals surface area contributed by atoms with E-state index in [-0.39, 0.29) is 12.5 Å². The van der Waals surface area contributed by atoms with E-state index in [4.69, 9.17) is 0 Å². The molecule has 0 spiro atoms. The van der Waals surface area contributed by atoms with Crippen molar-refractivity contribution < 1.29 is 14.4 Å². The Kier molecular flexibility index (Phi) is 4.40. The molecular formula is C20H20N2O3. The fraction of sp³-hybridized carbons (Fsp3) is 0.250. The summed E-state index contributed by atoms with van der Waals surface area (Å²) in [5.74, 6) is -1.09. The average molecular weight is 336 g/mol. The van der Waals surface area contributed by atoms with Gasteiger partial charge >= 0.3 is 0 Å². The van der Waals surface area contributed by atoms with Crippen LogP contribution in [0.4, 0.5) is 5.69 Å². The molecule has 0 atom stereocenters. The van der Waals surface area contributed by atoms with Gasteiger partial charge in [0.05, 0.1) is 11.1 Å². The summed E-state index contributed by atoms with van der Waals surface area (Å²) in [7, 11) is 0. The molecule has 25 heavy (non-hydrogen) atoms. The van der Waals surface area contributed by atoms with Gasteiger partial charge in [-0.05, 0) is 50.1 Å². The monoisotopic (exact) mass is 336 g/mol. The predicted molar refractivity (Wildman–Crippen MR) is 95.8 cm³/mol. The third kappa shape index (κ3) is 2.93. The van der Waals surface area contributed by atoms with Crippen molar-refractivity contribution in [3.8, 4) is 0 Å². The van der Waals surface area contributed by atoms with Crippen LogP contribution in [0.3, 0.4) is 0 Å². The largest absolute Gasteiger partial charge is 0.311 e. The van der Waals surface area contributed by atoms with Gasteiger partial charge in [-0.15, -0.1) is 0 Å². The first-order chi connectivity index (χ1) is 11.9. The summed E-state index contributed by atoms with van der Waals surface area (Å²) < 4.78 is 0. The molecule has 0 fully saturated rings. The highest BCUT2D eigenvalue weighted by Gasteiger charge is 2.37. The molecule has 0 unspecified atom stereocenters. The number of hydrogen-bond donors (Lipinski definition) is 0. The Morgan fingerprint density at radius 2 is 1.60 bits per heavy atom. The van der Waals surface area contributed by atoms with Crippen molar-refractivity contribution in [3.05, 3.63) is 64.7 Å². The second-order valence-electron chi connectivity index (χ2n) is 6.17. The first-order valence-electron chi connectivity index (χ1n) is 8.27. The van der Waals surface area contributed by atoms with Crippen molar-refractivity contribution in [3.63, 3.8) is 0 Å². The van der Waals surface area contributed by atoms with Crippen LogP contribution in [0.15, 0.2) is 42.5 Å². The smallest absolute Gasteiger partial charge is 0.262 e. The normalized spacial score (nSPS) is 13.2. The zero-order valence-electron chi connectivity index (χ0n) is 14.6. The number of likely N-dealkylation sites (N-methyl/N-ethyl adjacent to an activating group) is 1. The first-order valence-corrected chi connectivity index (χ1v) is 8.27. The molecule has 0 radical (unpaired) electrons. The maximum Gasteiger partial charge on any atom is 0.262 e. The summed E-state index contributed by atoms with van der Waals surface area (Å²) in [6, 6.07) is 12.5. The van der Waals surface area contributed by atoms with Gasteiger partial charge in [0.1, 0.15) is 6.54 Å². The van der Waals surface area contributed by atoms with Gasteiger partial charge in [0, 0.05) is 12.2 Å². The summed E-state index contributed by atoms with van der Waals surface area (Å²) in [6.07, 6.45) is 0. The molecule has 2 aromatic carbocycles.